The summed E-state index contributed by atoms with van der Waals surface area (Å²) >= 11 is 6.11. The maximum atomic E-state index is 11.9. The molecule has 1 N–H and O–H groups in total. The molecule has 1 amide bonds. The van der Waals surface area contributed by atoms with E-state index in [0.29, 0.717) is 16.3 Å². The number of hydrogen-bond acceptors (Lipinski definition) is 1. The number of carbonyl (C=O) groups is 1. The van der Waals surface area contributed by atoms with Crippen LogP contribution < -0.4 is 5.32 Å². The van der Waals surface area contributed by atoms with E-state index in [-0.39, 0.29) is 5.91 Å². The largest absolute Gasteiger partial charge is 0.321 e. The Morgan fingerprint density at radius 3 is 2.47 bits per heavy atom. The molecule has 3 heteroatoms. The van der Waals surface area contributed by atoms with E-state index in [1.807, 2.05) is 37.3 Å². The lowest BCUT2D eigenvalue weighted by molar-refractivity contribution is 0.102. The minimum atomic E-state index is -0.155. The molecule has 0 aliphatic rings. The molecule has 0 bridgehead atoms. The third-order valence-electron chi connectivity index (χ3n) is 2.48. The average Bonchev–Trinajstić information content (AvgIpc) is 2.36. The molecule has 0 heterocycles. The molecule has 0 radical (unpaired) electrons. The van der Waals surface area contributed by atoms with Crippen molar-refractivity contribution in [3.8, 4) is 0 Å². The van der Waals surface area contributed by atoms with Gasteiger partial charge in [0.1, 0.15) is 0 Å². The fourth-order valence-electron chi connectivity index (χ4n) is 1.53. The van der Waals surface area contributed by atoms with E-state index in [1.165, 1.54) is 0 Å². The lowest BCUT2D eigenvalue weighted by Crippen LogP contribution is -2.12. The molecular weight excluding hydrogens is 234 g/mol. The van der Waals surface area contributed by atoms with Crippen molar-refractivity contribution in [1.29, 1.82) is 0 Å². The number of anilines is 1. The van der Waals surface area contributed by atoms with Gasteiger partial charge in [-0.15, -0.1) is 0 Å². The Bertz CT molecular complexity index is 537. The van der Waals surface area contributed by atoms with Gasteiger partial charge in [0, 0.05) is 5.56 Å². The molecule has 2 nitrogen and oxygen atoms in total. The molecule has 0 fully saturated rings. The molecule has 17 heavy (non-hydrogen) atoms. The number of halogens is 1. The van der Waals surface area contributed by atoms with Gasteiger partial charge in [0.2, 0.25) is 0 Å². The van der Waals surface area contributed by atoms with E-state index < -0.39 is 0 Å². The SMILES string of the molecule is Cc1cccc(NC(=O)c2ccccc2)c1Cl. The van der Waals surface area contributed by atoms with Gasteiger partial charge in [-0.2, -0.15) is 0 Å². The van der Waals surface area contributed by atoms with Crippen molar-refractivity contribution in [2.24, 2.45) is 0 Å². The first-order chi connectivity index (χ1) is 8.18. The summed E-state index contributed by atoms with van der Waals surface area (Å²) in [6, 6.07) is 14.6. The number of rotatable bonds is 2. The predicted molar refractivity (Wildman–Crippen MR) is 70.6 cm³/mol. The van der Waals surface area contributed by atoms with Crippen LogP contribution in [0.2, 0.25) is 5.02 Å². The quantitative estimate of drug-likeness (QED) is 0.854. The van der Waals surface area contributed by atoms with Crippen LogP contribution >= 0.6 is 11.6 Å². The fraction of sp³-hybridized carbons (Fsp3) is 0.0714. The van der Waals surface area contributed by atoms with Crippen molar-refractivity contribution < 1.29 is 4.79 Å². The minimum absolute atomic E-state index is 0.155. The van der Waals surface area contributed by atoms with Gasteiger partial charge in [-0.05, 0) is 30.7 Å². The van der Waals surface area contributed by atoms with Crippen LogP contribution in [0.25, 0.3) is 0 Å². The van der Waals surface area contributed by atoms with Crippen LogP contribution in [0.4, 0.5) is 5.69 Å². The first-order valence-electron chi connectivity index (χ1n) is 5.30. The molecule has 0 saturated heterocycles. The van der Waals surface area contributed by atoms with Gasteiger partial charge in [-0.1, -0.05) is 41.9 Å². The Morgan fingerprint density at radius 1 is 1.06 bits per heavy atom. The summed E-state index contributed by atoms with van der Waals surface area (Å²) in [5, 5.41) is 3.38. The van der Waals surface area contributed by atoms with Gasteiger partial charge >= 0.3 is 0 Å². The highest BCUT2D eigenvalue weighted by Gasteiger charge is 2.08. The van der Waals surface area contributed by atoms with E-state index in [1.54, 1.807) is 18.2 Å². The second kappa shape index (κ2) is 5.02. The molecule has 2 aromatic carbocycles. The van der Waals surface area contributed by atoms with Crippen molar-refractivity contribution in [2.75, 3.05) is 5.32 Å². The summed E-state index contributed by atoms with van der Waals surface area (Å²) in [4.78, 5) is 11.9. The Morgan fingerprint density at radius 2 is 1.76 bits per heavy atom. The average molecular weight is 246 g/mol. The maximum absolute atomic E-state index is 11.9. The van der Waals surface area contributed by atoms with Gasteiger partial charge in [-0.25, -0.2) is 0 Å². The zero-order valence-corrected chi connectivity index (χ0v) is 10.2. The van der Waals surface area contributed by atoms with Gasteiger partial charge in [0.05, 0.1) is 10.7 Å². The molecule has 0 aliphatic heterocycles. The molecule has 0 atom stereocenters. The van der Waals surface area contributed by atoms with Crippen LogP contribution in [0, 0.1) is 6.92 Å². The van der Waals surface area contributed by atoms with E-state index in [9.17, 15) is 4.79 Å². The summed E-state index contributed by atoms with van der Waals surface area (Å²) in [6.45, 7) is 1.90. The summed E-state index contributed by atoms with van der Waals surface area (Å²) in [5.41, 5.74) is 2.20. The first kappa shape index (κ1) is 11.7. The summed E-state index contributed by atoms with van der Waals surface area (Å²) in [7, 11) is 0. The van der Waals surface area contributed by atoms with Crippen LogP contribution in [0.3, 0.4) is 0 Å². The number of hydrogen-bond donors (Lipinski definition) is 1. The van der Waals surface area contributed by atoms with Gasteiger partial charge < -0.3 is 5.32 Å². The third-order valence-corrected chi connectivity index (χ3v) is 2.98. The molecule has 0 aromatic heterocycles. The van der Waals surface area contributed by atoms with Crippen molar-refractivity contribution >= 4 is 23.2 Å². The van der Waals surface area contributed by atoms with E-state index >= 15 is 0 Å². The molecule has 0 aliphatic carbocycles. The monoisotopic (exact) mass is 245 g/mol. The smallest absolute Gasteiger partial charge is 0.255 e. The van der Waals surface area contributed by atoms with E-state index in [4.69, 9.17) is 11.6 Å². The van der Waals surface area contributed by atoms with E-state index in [2.05, 4.69) is 5.32 Å². The molecule has 0 unspecified atom stereocenters. The number of amides is 1. The Hall–Kier alpha value is -1.80. The number of nitrogens with one attached hydrogen (secondary N) is 1. The highest BCUT2D eigenvalue weighted by atomic mass is 35.5. The standard InChI is InChI=1S/C14H12ClNO/c1-10-6-5-9-12(13(10)15)16-14(17)11-7-3-2-4-8-11/h2-9H,1H3,(H,16,17). The highest BCUT2D eigenvalue weighted by Crippen LogP contribution is 2.25. The maximum Gasteiger partial charge on any atom is 0.255 e. The van der Waals surface area contributed by atoms with Crippen LogP contribution in [-0.4, -0.2) is 5.91 Å². The normalized spacial score (nSPS) is 10.0. The van der Waals surface area contributed by atoms with Crippen LogP contribution in [0.5, 0.6) is 0 Å². The zero-order valence-electron chi connectivity index (χ0n) is 9.41. The highest BCUT2D eigenvalue weighted by molar-refractivity contribution is 6.34. The Labute approximate surface area is 105 Å². The Kier molecular flexibility index (Phi) is 3.45. The van der Waals surface area contributed by atoms with Crippen molar-refractivity contribution in [3.63, 3.8) is 0 Å². The summed E-state index contributed by atoms with van der Waals surface area (Å²) in [5.74, 6) is -0.155. The zero-order chi connectivity index (χ0) is 12.3. The van der Waals surface area contributed by atoms with Crippen molar-refractivity contribution in [3.05, 3.63) is 64.7 Å². The molecule has 86 valence electrons. The number of benzene rings is 2. The molecule has 0 spiro atoms. The lowest BCUT2D eigenvalue weighted by atomic mass is 10.2. The van der Waals surface area contributed by atoms with E-state index in [0.717, 1.165) is 5.56 Å². The van der Waals surface area contributed by atoms with Gasteiger partial charge in [0.15, 0.2) is 0 Å². The Balaban J connectivity index is 2.22. The van der Waals surface area contributed by atoms with Crippen LogP contribution in [0.1, 0.15) is 15.9 Å². The number of aryl methyl sites for hydroxylation is 1. The lowest BCUT2D eigenvalue weighted by Gasteiger charge is -2.08. The summed E-state index contributed by atoms with van der Waals surface area (Å²) in [6.07, 6.45) is 0. The van der Waals surface area contributed by atoms with Gasteiger partial charge in [0.25, 0.3) is 5.91 Å². The van der Waals surface area contributed by atoms with Crippen molar-refractivity contribution in [1.82, 2.24) is 0 Å². The second-order valence-corrected chi connectivity index (χ2v) is 4.13. The topological polar surface area (TPSA) is 29.1 Å². The molecule has 0 saturated carbocycles. The van der Waals surface area contributed by atoms with Crippen LogP contribution in [-0.2, 0) is 0 Å². The molecular formula is C14H12ClNO. The third kappa shape index (κ3) is 2.66. The van der Waals surface area contributed by atoms with Gasteiger partial charge in [-0.3, -0.25) is 4.79 Å². The summed E-state index contributed by atoms with van der Waals surface area (Å²) < 4.78 is 0. The van der Waals surface area contributed by atoms with Crippen LogP contribution in [0.15, 0.2) is 48.5 Å². The minimum Gasteiger partial charge on any atom is -0.321 e. The second-order valence-electron chi connectivity index (χ2n) is 3.76. The molecule has 2 rings (SSSR count). The fourth-order valence-corrected chi connectivity index (χ4v) is 1.70. The molecule has 2 aromatic rings. The first-order valence-corrected chi connectivity index (χ1v) is 5.68. The predicted octanol–water partition coefficient (Wildman–Crippen LogP) is 3.90. The van der Waals surface area contributed by atoms with Crippen molar-refractivity contribution in [2.45, 2.75) is 6.92 Å². The number of carbonyl (C=O) groups excluding carboxylic acids is 1.